The van der Waals surface area contributed by atoms with Crippen molar-refractivity contribution in [3.63, 3.8) is 0 Å². The Bertz CT molecular complexity index is 542. The van der Waals surface area contributed by atoms with Crippen molar-refractivity contribution >= 4 is 29.1 Å². The van der Waals surface area contributed by atoms with Gasteiger partial charge < -0.3 is 14.5 Å². The van der Waals surface area contributed by atoms with Gasteiger partial charge in [-0.25, -0.2) is 0 Å². The molecule has 0 spiro atoms. The molecule has 21 heavy (non-hydrogen) atoms. The van der Waals surface area contributed by atoms with Gasteiger partial charge in [-0.2, -0.15) is 0 Å². The number of amides is 2. The van der Waals surface area contributed by atoms with E-state index in [0.717, 1.165) is 5.56 Å². The van der Waals surface area contributed by atoms with Crippen LogP contribution in [0.15, 0.2) is 18.2 Å². The van der Waals surface area contributed by atoms with Crippen LogP contribution in [0.4, 0.5) is 5.69 Å². The summed E-state index contributed by atoms with van der Waals surface area (Å²) in [4.78, 5) is 27.3. The Hall–Kier alpha value is -1.59. The second-order valence-corrected chi connectivity index (χ2v) is 5.44. The Kier molecular flexibility index (Phi) is 5.20. The molecule has 2 rings (SSSR count). The van der Waals surface area contributed by atoms with Crippen molar-refractivity contribution in [2.75, 3.05) is 37.7 Å². The molecule has 1 saturated heterocycles. The minimum atomic E-state index is -0.184. The molecule has 0 aromatic heterocycles. The molecule has 1 aliphatic rings. The molecule has 1 fully saturated rings. The Balaban J connectivity index is 2.13. The number of halogens is 1. The highest BCUT2D eigenvalue weighted by Gasteiger charge is 2.22. The first kappa shape index (κ1) is 15.8. The lowest BCUT2D eigenvalue weighted by Crippen LogP contribution is -2.46. The molecular weight excluding hydrogens is 292 g/mol. The highest BCUT2D eigenvalue weighted by molar-refractivity contribution is 6.31. The van der Waals surface area contributed by atoms with Crippen molar-refractivity contribution in [2.45, 2.75) is 13.8 Å². The zero-order valence-electron chi connectivity index (χ0n) is 12.3. The molecule has 0 N–H and O–H groups in total. The molecule has 0 radical (unpaired) electrons. The van der Waals surface area contributed by atoms with Crippen LogP contribution in [0, 0.1) is 6.92 Å². The number of hydrogen-bond donors (Lipinski definition) is 0. The van der Waals surface area contributed by atoms with E-state index in [2.05, 4.69) is 0 Å². The standard InChI is InChI=1S/C15H19ClN2O3/c1-11-3-4-13(9-14(11)16)18(12(2)19)10-15(20)17-5-7-21-8-6-17/h3-4,9H,5-8,10H2,1-2H3. The average Bonchev–Trinajstić information content (AvgIpc) is 2.48. The summed E-state index contributed by atoms with van der Waals surface area (Å²) in [6, 6.07) is 5.35. The smallest absolute Gasteiger partial charge is 0.242 e. The van der Waals surface area contributed by atoms with Crippen LogP contribution in [0.25, 0.3) is 0 Å². The normalized spacial score (nSPS) is 14.9. The third-order valence-corrected chi connectivity index (χ3v) is 3.91. The quantitative estimate of drug-likeness (QED) is 0.856. The number of benzene rings is 1. The second-order valence-electron chi connectivity index (χ2n) is 5.03. The molecule has 0 aliphatic carbocycles. The van der Waals surface area contributed by atoms with Crippen molar-refractivity contribution in [2.24, 2.45) is 0 Å². The summed E-state index contributed by atoms with van der Waals surface area (Å²) < 4.78 is 5.22. The summed E-state index contributed by atoms with van der Waals surface area (Å²) in [6.45, 7) is 5.58. The molecule has 1 aromatic carbocycles. The largest absolute Gasteiger partial charge is 0.378 e. The topological polar surface area (TPSA) is 49.9 Å². The minimum Gasteiger partial charge on any atom is -0.378 e. The minimum absolute atomic E-state index is 0.0225. The van der Waals surface area contributed by atoms with Crippen molar-refractivity contribution < 1.29 is 14.3 Å². The van der Waals surface area contributed by atoms with E-state index in [1.807, 2.05) is 13.0 Å². The third-order valence-electron chi connectivity index (χ3n) is 3.50. The average molecular weight is 311 g/mol. The number of rotatable bonds is 3. The fourth-order valence-electron chi connectivity index (χ4n) is 2.18. The third kappa shape index (κ3) is 3.95. The molecule has 0 saturated carbocycles. The van der Waals surface area contributed by atoms with Gasteiger partial charge in [-0.15, -0.1) is 0 Å². The molecular formula is C15H19ClN2O3. The first-order chi connectivity index (χ1) is 9.99. The Labute approximate surface area is 129 Å². The number of nitrogens with zero attached hydrogens (tertiary/aromatic N) is 2. The van der Waals surface area contributed by atoms with Crippen LogP contribution < -0.4 is 4.90 Å². The van der Waals surface area contributed by atoms with Gasteiger partial charge in [0.1, 0.15) is 6.54 Å². The van der Waals surface area contributed by atoms with Crippen molar-refractivity contribution in [1.82, 2.24) is 4.90 Å². The number of morpholine rings is 1. The molecule has 114 valence electrons. The van der Waals surface area contributed by atoms with Gasteiger partial charge in [0.25, 0.3) is 0 Å². The summed E-state index contributed by atoms with van der Waals surface area (Å²) in [5.74, 6) is -0.262. The lowest BCUT2D eigenvalue weighted by molar-refractivity contribution is -0.134. The van der Waals surface area contributed by atoms with E-state index in [1.54, 1.807) is 17.0 Å². The summed E-state index contributed by atoms with van der Waals surface area (Å²) in [7, 11) is 0. The summed E-state index contributed by atoms with van der Waals surface area (Å²) >= 11 is 6.10. The monoisotopic (exact) mass is 310 g/mol. The summed E-state index contributed by atoms with van der Waals surface area (Å²) in [5, 5.41) is 0.581. The maximum atomic E-state index is 12.3. The fourth-order valence-corrected chi connectivity index (χ4v) is 2.36. The first-order valence-electron chi connectivity index (χ1n) is 6.89. The number of ether oxygens (including phenoxy) is 1. The van der Waals surface area contributed by atoms with Gasteiger partial charge in [-0.3, -0.25) is 9.59 Å². The van der Waals surface area contributed by atoms with Gasteiger partial charge in [0, 0.05) is 30.7 Å². The molecule has 0 atom stereocenters. The van der Waals surface area contributed by atoms with Crippen LogP contribution in [0.1, 0.15) is 12.5 Å². The van der Waals surface area contributed by atoms with Crippen LogP contribution in [-0.2, 0) is 14.3 Å². The molecule has 1 heterocycles. The fraction of sp³-hybridized carbons (Fsp3) is 0.467. The van der Waals surface area contributed by atoms with E-state index >= 15 is 0 Å². The van der Waals surface area contributed by atoms with Crippen molar-refractivity contribution in [3.8, 4) is 0 Å². The van der Waals surface area contributed by atoms with E-state index in [0.29, 0.717) is 37.0 Å². The summed E-state index contributed by atoms with van der Waals surface area (Å²) in [6.07, 6.45) is 0. The lowest BCUT2D eigenvalue weighted by Gasteiger charge is -2.29. The molecule has 1 aliphatic heterocycles. The van der Waals surface area contributed by atoms with E-state index in [1.165, 1.54) is 11.8 Å². The van der Waals surface area contributed by atoms with Gasteiger partial charge in [-0.05, 0) is 24.6 Å². The Morgan fingerprint density at radius 3 is 2.57 bits per heavy atom. The molecule has 1 aromatic rings. The predicted molar refractivity (Wildman–Crippen MR) is 81.6 cm³/mol. The van der Waals surface area contributed by atoms with Gasteiger partial charge in [-0.1, -0.05) is 17.7 Å². The highest BCUT2D eigenvalue weighted by atomic mass is 35.5. The van der Waals surface area contributed by atoms with Crippen LogP contribution in [0.3, 0.4) is 0 Å². The Morgan fingerprint density at radius 1 is 1.33 bits per heavy atom. The second kappa shape index (κ2) is 6.91. The number of carbonyl (C=O) groups excluding carboxylic acids is 2. The van der Waals surface area contributed by atoms with Crippen molar-refractivity contribution in [1.29, 1.82) is 0 Å². The van der Waals surface area contributed by atoms with E-state index in [9.17, 15) is 9.59 Å². The number of hydrogen-bond acceptors (Lipinski definition) is 3. The van der Waals surface area contributed by atoms with Gasteiger partial charge >= 0.3 is 0 Å². The molecule has 5 nitrogen and oxygen atoms in total. The number of carbonyl (C=O) groups is 2. The van der Waals surface area contributed by atoms with E-state index < -0.39 is 0 Å². The SMILES string of the molecule is CC(=O)N(CC(=O)N1CCOCC1)c1ccc(C)c(Cl)c1. The first-order valence-corrected chi connectivity index (χ1v) is 7.26. The highest BCUT2D eigenvalue weighted by Crippen LogP contribution is 2.23. The Morgan fingerprint density at radius 2 is 2.00 bits per heavy atom. The summed E-state index contributed by atoms with van der Waals surface area (Å²) in [5.41, 5.74) is 1.57. The van der Waals surface area contributed by atoms with Crippen LogP contribution >= 0.6 is 11.6 Å². The van der Waals surface area contributed by atoms with Crippen molar-refractivity contribution in [3.05, 3.63) is 28.8 Å². The van der Waals surface area contributed by atoms with E-state index in [4.69, 9.17) is 16.3 Å². The van der Waals surface area contributed by atoms with E-state index in [-0.39, 0.29) is 18.4 Å². The molecule has 0 unspecified atom stereocenters. The van der Waals surface area contributed by atoms with Crippen LogP contribution in [0.2, 0.25) is 5.02 Å². The molecule has 6 heteroatoms. The van der Waals surface area contributed by atoms with Gasteiger partial charge in [0.05, 0.1) is 13.2 Å². The van der Waals surface area contributed by atoms with Gasteiger partial charge in [0.15, 0.2) is 0 Å². The zero-order valence-corrected chi connectivity index (χ0v) is 13.0. The maximum Gasteiger partial charge on any atom is 0.242 e. The molecule has 0 bridgehead atoms. The zero-order chi connectivity index (χ0) is 15.4. The van der Waals surface area contributed by atoms with Crippen LogP contribution in [0.5, 0.6) is 0 Å². The lowest BCUT2D eigenvalue weighted by atomic mass is 10.2. The molecule has 2 amide bonds. The van der Waals surface area contributed by atoms with Gasteiger partial charge in [0.2, 0.25) is 11.8 Å². The number of anilines is 1. The number of aryl methyl sites for hydroxylation is 1. The maximum absolute atomic E-state index is 12.3. The van der Waals surface area contributed by atoms with Crippen LogP contribution in [-0.4, -0.2) is 49.6 Å². The predicted octanol–water partition coefficient (Wildman–Crippen LogP) is 1.86.